The lowest BCUT2D eigenvalue weighted by Gasteiger charge is -1.98. The molecule has 0 amide bonds. The SMILES string of the molecule is CC.Cn1ccnc1-c1cccnc1. The molecule has 2 heterocycles. The van der Waals surface area contributed by atoms with Crippen molar-refractivity contribution in [2.75, 3.05) is 0 Å². The molecule has 0 unspecified atom stereocenters. The smallest absolute Gasteiger partial charge is 0.141 e. The molecule has 74 valence electrons. The lowest BCUT2D eigenvalue weighted by atomic mass is 10.3. The second-order valence-corrected chi connectivity index (χ2v) is 2.60. The monoisotopic (exact) mass is 189 g/mol. The van der Waals surface area contributed by atoms with E-state index in [1.54, 1.807) is 12.4 Å². The maximum absolute atomic E-state index is 4.21. The Kier molecular flexibility index (Phi) is 3.85. The molecule has 2 aromatic rings. The van der Waals surface area contributed by atoms with Crippen LogP contribution in [0.5, 0.6) is 0 Å². The van der Waals surface area contributed by atoms with Crippen molar-refractivity contribution in [2.45, 2.75) is 13.8 Å². The van der Waals surface area contributed by atoms with Gasteiger partial charge in [0.25, 0.3) is 0 Å². The minimum absolute atomic E-state index is 0.947. The molecule has 0 aromatic carbocycles. The first kappa shape index (κ1) is 10.4. The van der Waals surface area contributed by atoms with Gasteiger partial charge >= 0.3 is 0 Å². The van der Waals surface area contributed by atoms with Crippen molar-refractivity contribution in [1.29, 1.82) is 0 Å². The maximum atomic E-state index is 4.21. The van der Waals surface area contributed by atoms with E-state index in [2.05, 4.69) is 9.97 Å². The Balaban J connectivity index is 0.000000461. The number of aryl methyl sites for hydroxylation is 1. The summed E-state index contributed by atoms with van der Waals surface area (Å²) in [6.45, 7) is 4.00. The highest BCUT2D eigenvalue weighted by molar-refractivity contribution is 5.53. The molecular formula is C11H15N3. The molecule has 2 rings (SSSR count). The van der Waals surface area contributed by atoms with Crippen LogP contribution in [-0.4, -0.2) is 14.5 Å². The lowest BCUT2D eigenvalue weighted by Crippen LogP contribution is -1.90. The summed E-state index contributed by atoms with van der Waals surface area (Å²) in [6, 6.07) is 3.90. The molecule has 3 nitrogen and oxygen atoms in total. The molecule has 0 bridgehead atoms. The molecular weight excluding hydrogens is 174 g/mol. The van der Waals surface area contributed by atoms with Crippen LogP contribution in [0.25, 0.3) is 11.4 Å². The van der Waals surface area contributed by atoms with Gasteiger partial charge in [0.05, 0.1) is 0 Å². The van der Waals surface area contributed by atoms with Crippen LogP contribution in [-0.2, 0) is 7.05 Å². The summed E-state index contributed by atoms with van der Waals surface area (Å²) < 4.78 is 1.97. The number of rotatable bonds is 1. The predicted octanol–water partition coefficient (Wildman–Crippen LogP) is 2.51. The third-order valence-corrected chi connectivity index (χ3v) is 1.74. The van der Waals surface area contributed by atoms with E-state index in [9.17, 15) is 0 Å². The van der Waals surface area contributed by atoms with Crippen molar-refractivity contribution in [2.24, 2.45) is 7.05 Å². The molecule has 0 aliphatic rings. The second-order valence-electron chi connectivity index (χ2n) is 2.60. The molecule has 0 radical (unpaired) electrons. The molecule has 0 spiro atoms. The average Bonchev–Trinajstić information content (AvgIpc) is 2.69. The van der Waals surface area contributed by atoms with E-state index in [0.717, 1.165) is 11.4 Å². The van der Waals surface area contributed by atoms with Gasteiger partial charge in [-0.25, -0.2) is 4.98 Å². The number of hydrogen-bond acceptors (Lipinski definition) is 2. The molecule has 0 saturated carbocycles. The van der Waals surface area contributed by atoms with Crippen molar-refractivity contribution in [3.05, 3.63) is 36.9 Å². The van der Waals surface area contributed by atoms with Gasteiger partial charge in [-0.15, -0.1) is 0 Å². The van der Waals surface area contributed by atoms with Crippen LogP contribution in [0.3, 0.4) is 0 Å². The van der Waals surface area contributed by atoms with E-state index < -0.39 is 0 Å². The first-order chi connectivity index (χ1) is 6.88. The third kappa shape index (κ3) is 2.19. The predicted molar refractivity (Wildman–Crippen MR) is 57.8 cm³/mol. The fourth-order valence-corrected chi connectivity index (χ4v) is 1.14. The van der Waals surface area contributed by atoms with E-state index >= 15 is 0 Å². The Morgan fingerprint density at radius 2 is 2.00 bits per heavy atom. The topological polar surface area (TPSA) is 30.7 Å². The normalized spacial score (nSPS) is 9.07. The molecule has 0 fully saturated rings. The highest BCUT2D eigenvalue weighted by atomic mass is 15.0. The summed E-state index contributed by atoms with van der Waals surface area (Å²) in [4.78, 5) is 8.24. The average molecular weight is 189 g/mol. The van der Waals surface area contributed by atoms with Crippen LogP contribution in [0.1, 0.15) is 13.8 Å². The Morgan fingerprint density at radius 1 is 1.21 bits per heavy atom. The van der Waals surface area contributed by atoms with E-state index in [4.69, 9.17) is 0 Å². The fraction of sp³-hybridized carbons (Fsp3) is 0.273. The van der Waals surface area contributed by atoms with Crippen LogP contribution in [0.4, 0.5) is 0 Å². The largest absolute Gasteiger partial charge is 0.334 e. The minimum Gasteiger partial charge on any atom is -0.334 e. The van der Waals surface area contributed by atoms with E-state index in [1.165, 1.54) is 0 Å². The van der Waals surface area contributed by atoms with Gasteiger partial charge < -0.3 is 4.57 Å². The number of hydrogen-bond donors (Lipinski definition) is 0. The van der Waals surface area contributed by atoms with Gasteiger partial charge in [-0.05, 0) is 12.1 Å². The van der Waals surface area contributed by atoms with Gasteiger partial charge in [0.1, 0.15) is 5.82 Å². The van der Waals surface area contributed by atoms with Gasteiger partial charge in [-0.1, -0.05) is 13.8 Å². The van der Waals surface area contributed by atoms with Gasteiger partial charge in [-0.2, -0.15) is 0 Å². The zero-order valence-electron chi connectivity index (χ0n) is 8.81. The number of aromatic nitrogens is 3. The molecule has 0 saturated heterocycles. The van der Waals surface area contributed by atoms with Gasteiger partial charge in [-0.3, -0.25) is 4.98 Å². The maximum Gasteiger partial charge on any atom is 0.141 e. The molecule has 0 atom stereocenters. The number of imidazole rings is 1. The zero-order chi connectivity index (χ0) is 10.4. The molecule has 0 aliphatic heterocycles. The summed E-state index contributed by atoms with van der Waals surface area (Å²) in [5.74, 6) is 0.947. The zero-order valence-corrected chi connectivity index (χ0v) is 8.81. The summed E-state index contributed by atoms with van der Waals surface area (Å²) in [5.41, 5.74) is 1.05. The second kappa shape index (κ2) is 5.17. The van der Waals surface area contributed by atoms with E-state index in [0.29, 0.717) is 0 Å². The number of nitrogens with zero attached hydrogens (tertiary/aromatic N) is 3. The molecule has 0 N–H and O–H groups in total. The first-order valence-electron chi connectivity index (χ1n) is 4.75. The Morgan fingerprint density at radius 3 is 2.50 bits per heavy atom. The Labute approximate surface area is 84.4 Å². The van der Waals surface area contributed by atoms with Crippen LogP contribution in [0.2, 0.25) is 0 Å². The van der Waals surface area contributed by atoms with Gasteiger partial charge in [0.2, 0.25) is 0 Å². The van der Waals surface area contributed by atoms with Gasteiger partial charge in [0.15, 0.2) is 0 Å². The van der Waals surface area contributed by atoms with Crippen molar-refractivity contribution < 1.29 is 0 Å². The third-order valence-electron chi connectivity index (χ3n) is 1.74. The molecule has 3 heteroatoms. The van der Waals surface area contributed by atoms with Crippen LogP contribution < -0.4 is 0 Å². The summed E-state index contributed by atoms with van der Waals surface area (Å²) in [5, 5.41) is 0. The standard InChI is InChI=1S/C9H9N3.C2H6/c1-12-6-5-11-9(12)8-3-2-4-10-7-8;1-2/h2-7H,1H3;1-2H3. The van der Waals surface area contributed by atoms with E-state index in [1.807, 2.05) is 50.0 Å². The Bertz CT molecular complexity index is 365. The molecule has 2 aromatic heterocycles. The molecule has 14 heavy (non-hydrogen) atoms. The highest BCUT2D eigenvalue weighted by Gasteiger charge is 2.00. The first-order valence-corrected chi connectivity index (χ1v) is 4.75. The van der Waals surface area contributed by atoms with Crippen molar-refractivity contribution in [3.63, 3.8) is 0 Å². The summed E-state index contributed by atoms with van der Waals surface area (Å²) in [6.07, 6.45) is 7.26. The fourth-order valence-electron chi connectivity index (χ4n) is 1.14. The minimum atomic E-state index is 0.947. The summed E-state index contributed by atoms with van der Waals surface area (Å²) in [7, 11) is 1.97. The van der Waals surface area contributed by atoms with Gasteiger partial charge in [0, 0.05) is 37.4 Å². The number of pyridine rings is 1. The molecule has 0 aliphatic carbocycles. The van der Waals surface area contributed by atoms with Crippen LogP contribution >= 0.6 is 0 Å². The van der Waals surface area contributed by atoms with Crippen molar-refractivity contribution >= 4 is 0 Å². The Hall–Kier alpha value is -1.64. The highest BCUT2D eigenvalue weighted by Crippen LogP contribution is 2.13. The lowest BCUT2D eigenvalue weighted by molar-refractivity contribution is 0.923. The van der Waals surface area contributed by atoms with Crippen LogP contribution in [0, 0.1) is 0 Å². The van der Waals surface area contributed by atoms with Crippen LogP contribution in [0.15, 0.2) is 36.9 Å². The van der Waals surface area contributed by atoms with Crippen molar-refractivity contribution in [1.82, 2.24) is 14.5 Å². The van der Waals surface area contributed by atoms with Crippen molar-refractivity contribution in [3.8, 4) is 11.4 Å². The van der Waals surface area contributed by atoms with E-state index in [-0.39, 0.29) is 0 Å². The quantitative estimate of drug-likeness (QED) is 0.690. The summed E-state index contributed by atoms with van der Waals surface area (Å²) >= 11 is 0.